The van der Waals surface area contributed by atoms with Crippen LogP contribution < -0.4 is 5.32 Å². The fourth-order valence-electron chi connectivity index (χ4n) is 2.16. The van der Waals surface area contributed by atoms with E-state index in [2.05, 4.69) is 12.2 Å². The number of carbonyl (C=O) groups is 1. The third-order valence-corrected chi connectivity index (χ3v) is 3.17. The minimum Gasteiger partial charge on any atom is -0.373 e. The Bertz CT molecular complexity index is 219. The number of nitrogens with one attached hydrogen (secondary N) is 1. The number of amides is 1. The summed E-state index contributed by atoms with van der Waals surface area (Å²) in [5.74, 6) is 0.297. The van der Waals surface area contributed by atoms with Crippen molar-refractivity contribution in [3.8, 4) is 0 Å². The smallest absolute Gasteiger partial charge is 0.222 e. The summed E-state index contributed by atoms with van der Waals surface area (Å²) in [5.41, 5.74) is 0. The normalized spacial score (nSPS) is 20.6. The predicted molar refractivity (Wildman–Crippen MR) is 69.0 cm³/mol. The summed E-state index contributed by atoms with van der Waals surface area (Å²) < 4.78 is 5.59. The molecule has 1 rings (SSSR count). The molecule has 0 aromatic rings. The van der Waals surface area contributed by atoms with Crippen LogP contribution in [0.5, 0.6) is 0 Å². The number of likely N-dealkylation sites (N-methyl/N-ethyl adjacent to an activating group) is 1. The Morgan fingerprint density at radius 1 is 1.41 bits per heavy atom. The number of unbranched alkanes of at least 4 members (excludes halogenated alkanes) is 3. The number of ether oxygens (including phenoxy) is 1. The first kappa shape index (κ1) is 14.5. The number of hydrogen-bond acceptors (Lipinski definition) is 3. The third kappa shape index (κ3) is 5.50. The summed E-state index contributed by atoms with van der Waals surface area (Å²) in [5, 5.41) is 3.09. The maximum absolute atomic E-state index is 12.0. The van der Waals surface area contributed by atoms with Gasteiger partial charge in [0.15, 0.2) is 0 Å². The zero-order valence-corrected chi connectivity index (χ0v) is 11.2. The van der Waals surface area contributed by atoms with Gasteiger partial charge < -0.3 is 15.0 Å². The average molecular weight is 242 g/mol. The summed E-state index contributed by atoms with van der Waals surface area (Å²) >= 11 is 0. The van der Waals surface area contributed by atoms with Crippen molar-refractivity contribution in [1.82, 2.24) is 10.2 Å². The second-order valence-corrected chi connectivity index (χ2v) is 4.70. The first-order valence-corrected chi connectivity index (χ1v) is 6.82. The highest BCUT2D eigenvalue weighted by molar-refractivity contribution is 5.76. The van der Waals surface area contributed by atoms with Crippen molar-refractivity contribution in [3.05, 3.63) is 0 Å². The Hall–Kier alpha value is -0.610. The maximum Gasteiger partial charge on any atom is 0.222 e. The molecule has 1 amide bonds. The fourth-order valence-corrected chi connectivity index (χ4v) is 2.16. The van der Waals surface area contributed by atoms with Crippen LogP contribution in [0.1, 0.15) is 39.0 Å². The van der Waals surface area contributed by atoms with Gasteiger partial charge in [0.1, 0.15) is 0 Å². The minimum atomic E-state index is 0.161. The van der Waals surface area contributed by atoms with E-state index in [1.807, 2.05) is 11.9 Å². The highest BCUT2D eigenvalue weighted by Crippen LogP contribution is 2.09. The molecule has 4 nitrogen and oxygen atoms in total. The van der Waals surface area contributed by atoms with Gasteiger partial charge in [0.05, 0.1) is 12.7 Å². The van der Waals surface area contributed by atoms with Gasteiger partial charge >= 0.3 is 0 Å². The van der Waals surface area contributed by atoms with Crippen LogP contribution in [-0.4, -0.2) is 50.2 Å². The Labute approximate surface area is 105 Å². The molecule has 1 heterocycles. The van der Waals surface area contributed by atoms with Crippen molar-refractivity contribution < 1.29 is 9.53 Å². The van der Waals surface area contributed by atoms with Gasteiger partial charge in [0.25, 0.3) is 0 Å². The summed E-state index contributed by atoms with van der Waals surface area (Å²) in [4.78, 5) is 13.9. The summed E-state index contributed by atoms with van der Waals surface area (Å²) in [6.45, 7) is 5.18. The molecule has 0 spiro atoms. The van der Waals surface area contributed by atoms with Gasteiger partial charge in [-0.05, 0) is 13.5 Å². The molecule has 0 aromatic heterocycles. The lowest BCUT2D eigenvalue weighted by molar-refractivity contribution is -0.138. The van der Waals surface area contributed by atoms with E-state index in [0.29, 0.717) is 18.9 Å². The van der Waals surface area contributed by atoms with E-state index in [1.165, 1.54) is 19.3 Å². The van der Waals surface area contributed by atoms with Crippen LogP contribution in [0, 0.1) is 0 Å². The van der Waals surface area contributed by atoms with Gasteiger partial charge in [0.2, 0.25) is 5.91 Å². The van der Waals surface area contributed by atoms with Crippen LogP contribution in [0.3, 0.4) is 0 Å². The van der Waals surface area contributed by atoms with Gasteiger partial charge in [-0.1, -0.05) is 26.2 Å². The quantitative estimate of drug-likeness (QED) is 0.686. The molecule has 17 heavy (non-hydrogen) atoms. The Morgan fingerprint density at radius 3 is 2.94 bits per heavy atom. The van der Waals surface area contributed by atoms with Gasteiger partial charge in [-0.25, -0.2) is 0 Å². The second-order valence-electron chi connectivity index (χ2n) is 4.70. The van der Waals surface area contributed by atoms with E-state index >= 15 is 0 Å². The molecule has 0 saturated carbocycles. The first-order valence-electron chi connectivity index (χ1n) is 6.82. The minimum absolute atomic E-state index is 0.161. The van der Waals surface area contributed by atoms with Gasteiger partial charge in [0, 0.05) is 26.1 Å². The molecule has 100 valence electrons. The molecule has 0 aliphatic carbocycles. The van der Waals surface area contributed by atoms with Crippen LogP contribution in [0.25, 0.3) is 0 Å². The van der Waals surface area contributed by atoms with Gasteiger partial charge in [-0.15, -0.1) is 0 Å². The van der Waals surface area contributed by atoms with E-state index in [0.717, 1.165) is 26.1 Å². The third-order valence-electron chi connectivity index (χ3n) is 3.17. The van der Waals surface area contributed by atoms with Crippen LogP contribution in [0.4, 0.5) is 0 Å². The molecule has 1 atom stereocenters. The largest absolute Gasteiger partial charge is 0.373 e. The van der Waals surface area contributed by atoms with E-state index in [-0.39, 0.29) is 6.10 Å². The number of rotatable bonds is 7. The molecule has 4 heteroatoms. The predicted octanol–water partition coefficient (Wildman–Crippen LogP) is 1.40. The maximum atomic E-state index is 12.0. The van der Waals surface area contributed by atoms with E-state index < -0.39 is 0 Å². The van der Waals surface area contributed by atoms with Crippen LogP contribution >= 0.6 is 0 Å². The topological polar surface area (TPSA) is 41.6 Å². The first-order chi connectivity index (χ1) is 8.27. The molecular weight excluding hydrogens is 216 g/mol. The number of hydrogen-bond donors (Lipinski definition) is 1. The average Bonchev–Trinajstić information content (AvgIpc) is 2.35. The molecule has 1 saturated heterocycles. The monoisotopic (exact) mass is 242 g/mol. The Kier molecular flexibility index (Phi) is 7.21. The molecule has 0 bridgehead atoms. The van der Waals surface area contributed by atoms with Crippen molar-refractivity contribution in [3.63, 3.8) is 0 Å². The van der Waals surface area contributed by atoms with Crippen LogP contribution in [0.2, 0.25) is 0 Å². The molecule has 1 N–H and O–H groups in total. The highest BCUT2D eigenvalue weighted by atomic mass is 16.5. The summed E-state index contributed by atoms with van der Waals surface area (Å²) in [6.07, 6.45) is 5.52. The zero-order valence-electron chi connectivity index (χ0n) is 11.2. The lowest BCUT2D eigenvalue weighted by Gasteiger charge is -2.33. The van der Waals surface area contributed by atoms with Crippen molar-refractivity contribution in [1.29, 1.82) is 0 Å². The molecule has 0 aromatic carbocycles. The molecular formula is C13H26N2O2. The molecule has 1 aliphatic heterocycles. The molecule has 1 fully saturated rings. The van der Waals surface area contributed by atoms with Crippen molar-refractivity contribution in [2.75, 3.05) is 33.3 Å². The number of morpholine rings is 1. The van der Waals surface area contributed by atoms with Crippen LogP contribution in [0.15, 0.2) is 0 Å². The molecule has 0 radical (unpaired) electrons. The zero-order chi connectivity index (χ0) is 12.5. The number of carbonyl (C=O) groups excluding carboxylic acids is 1. The Balaban J connectivity index is 2.21. The molecule has 1 aliphatic rings. The van der Waals surface area contributed by atoms with E-state index in [9.17, 15) is 4.79 Å². The SMILES string of the molecule is CCCCCCC(=O)N1CCOC(CNC)C1. The van der Waals surface area contributed by atoms with E-state index in [4.69, 9.17) is 4.74 Å². The van der Waals surface area contributed by atoms with Gasteiger partial charge in [-0.3, -0.25) is 4.79 Å². The second kappa shape index (κ2) is 8.48. The standard InChI is InChI=1S/C13H26N2O2/c1-3-4-5-6-7-13(16)15-8-9-17-12(11-15)10-14-2/h12,14H,3-11H2,1-2H3. The lowest BCUT2D eigenvalue weighted by Crippen LogP contribution is -2.48. The van der Waals surface area contributed by atoms with Crippen molar-refractivity contribution >= 4 is 5.91 Å². The number of nitrogens with zero attached hydrogens (tertiary/aromatic N) is 1. The fraction of sp³-hybridized carbons (Fsp3) is 0.923. The molecule has 1 unspecified atom stereocenters. The van der Waals surface area contributed by atoms with E-state index in [1.54, 1.807) is 0 Å². The van der Waals surface area contributed by atoms with Crippen molar-refractivity contribution in [2.24, 2.45) is 0 Å². The summed E-state index contributed by atoms with van der Waals surface area (Å²) in [7, 11) is 1.91. The van der Waals surface area contributed by atoms with Crippen LogP contribution in [-0.2, 0) is 9.53 Å². The van der Waals surface area contributed by atoms with Gasteiger partial charge in [-0.2, -0.15) is 0 Å². The Morgan fingerprint density at radius 2 is 2.24 bits per heavy atom. The lowest BCUT2D eigenvalue weighted by atomic mass is 10.1. The van der Waals surface area contributed by atoms with Crippen molar-refractivity contribution in [2.45, 2.75) is 45.1 Å². The summed E-state index contributed by atoms with van der Waals surface area (Å²) in [6, 6.07) is 0. The highest BCUT2D eigenvalue weighted by Gasteiger charge is 2.22.